The normalized spacial score (nSPS) is 17.9. The molecule has 1 saturated heterocycles. The highest BCUT2D eigenvalue weighted by atomic mass is 16.6. The van der Waals surface area contributed by atoms with Gasteiger partial charge in [0.2, 0.25) is 0 Å². The van der Waals surface area contributed by atoms with Gasteiger partial charge in [-0.15, -0.1) is 0 Å². The van der Waals surface area contributed by atoms with E-state index in [2.05, 4.69) is 40.7 Å². The molecule has 0 aromatic heterocycles. The number of benzene rings is 4. The van der Waals surface area contributed by atoms with E-state index in [-0.39, 0.29) is 0 Å². The third-order valence-corrected chi connectivity index (χ3v) is 6.46. The molecule has 33 heavy (non-hydrogen) atoms. The predicted octanol–water partition coefficient (Wildman–Crippen LogP) is 4.80. The fourth-order valence-corrected chi connectivity index (χ4v) is 4.90. The summed E-state index contributed by atoms with van der Waals surface area (Å²) in [5.74, 6) is 0.494. The maximum atomic E-state index is 9.27. The molecule has 2 aliphatic heterocycles. The predicted molar refractivity (Wildman–Crippen MR) is 136 cm³/mol. The Morgan fingerprint density at radius 2 is 1.64 bits per heavy atom. The van der Waals surface area contributed by atoms with E-state index in [1.807, 2.05) is 48.5 Å². The molecule has 6 heteroatoms. The summed E-state index contributed by atoms with van der Waals surface area (Å²) in [5.41, 5.74) is 0. The first-order valence-corrected chi connectivity index (χ1v) is 11.7. The molecule has 0 saturated carbocycles. The molecule has 0 bridgehead atoms. The van der Waals surface area contributed by atoms with E-state index in [0.717, 1.165) is 32.3 Å². The number of nitrogens with zero attached hydrogens (tertiary/aromatic N) is 1. The average molecular weight is 440 g/mol. The van der Waals surface area contributed by atoms with Crippen molar-refractivity contribution in [3.8, 4) is 5.75 Å². The summed E-state index contributed by atoms with van der Waals surface area (Å²) in [7, 11) is -1.85. The van der Waals surface area contributed by atoms with Crippen LogP contribution in [0.4, 0.5) is 0 Å². The van der Waals surface area contributed by atoms with Gasteiger partial charge in [-0.2, -0.15) is 0 Å². The second kappa shape index (κ2) is 9.83. The topological polar surface area (TPSA) is 65.0 Å². The first-order valence-electron chi connectivity index (χ1n) is 11.7. The van der Waals surface area contributed by atoms with E-state index >= 15 is 0 Å². The van der Waals surface area contributed by atoms with E-state index in [9.17, 15) is 10.0 Å². The van der Waals surface area contributed by atoms with Gasteiger partial charge in [0.1, 0.15) is 5.75 Å². The smallest absolute Gasteiger partial charge is 0.511 e. The summed E-state index contributed by atoms with van der Waals surface area (Å²) >= 11 is 0. The van der Waals surface area contributed by atoms with Crippen LogP contribution >= 0.6 is 0 Å². The van der Waals surface area contributed by atoms with Crippen LogP contribution in [0.1, 0.15) is 25.7 Å². The largest absolute Gasteiger partial charge is 0.707 e. The molecule has 2 aliphatic rings. The van der Waals surface area contributed by atoms with Crippen molar-refractivity contribution < 1.29 is 14.7 Å². The molecule has 0 aliphatic carbocycles. The molecule has 3 N–H and O–H groups in total. The monoisotopic (exact) mass is 440 g/mol. The summed E-state index contributed by atoms with van der Waals surface area (Å²) in [6.07, 6.45) is 10.4. The molecule has 4 aromatic rings. The SMILES string of the molecule is C1=CN2CCCNC2CCC1.OB(O)Oc1c2ccccc2cc2c1ccc1ccccc12. The molecular weight excluding hydrogens is 411 g/mol. The van der Waals surface area contributed by atoms with Crippen LogP contribution < -0.4 is 9.97 Å². The second-order valence-corrected chi connectivity index (χ2v) is 8.63. The van der Waals surface area contributed by atoms with Crippen molar-refractivity contribution in [3.05, 3.63) is 79.0 Å². The Labute approximate surface area is 194 Å². The van der Waals surface area contributed by atoms with Gasteiger partial charge in [0.25, 0.3) is 0 Å². The molecule has 4 aromatic carbocycles. The van der Waals surface area contributed by atoms with Gasteiger partial charge in [-0.1, -0.05) is 66.7 Å². The van der Waals surface area contributed by atoms with Gasteiger partial charge < -0.3 is 19.6 Å². The van der Waals surface area contributed by atoms with Gasteiger partial charge >= 0.3 is 7.32 Å². The minimum absolute atomic E-state index is 0.494. The van der Waals surface area contributed by atoms with Crippen molar-refractivity contribution in [3.63, 3.8) is 0 Å². The van der Waals surface area contributed by atoms with Gasteiger partial charge in [-0.05, 0) is 66.0 Å². The highest BCUT2D eigenvalue weighted by Crippen LogP contribution is 2.38. The summed E-state index contributed by atoms with van der Waals surface area (Å²) in [6.45, 7) is 2.45. The number of rotatable bonds is 2. The van der Waals surface area contributed by atoms with Crippen LogP contribution in [0.25, 0.3) is 32.3 Å². The Balaban J connectivity index is 0.000000174. The zero-order chi connectivity index (χ0) is 22.6. The van der Waals surface area contributed by atoms with Crippen molar-refractivity contribution in [2.45, 2.75) is 31.8 Å². The Morgan fingerprint density at radius 3 is 2.48 bits per heavy atom. The molecule has 1 atom stereocenters. The van der Waals surface area contributed by atoms with Gasteiger partial charge in [0.15, 0.2) is 0 Å². The van der Waals surface area contributed by atoms with Crippen LogP contribution in [-0.2, 0) is 0 Å². The standard InChI is InChI=1S/C18H13BO3.C9H16N2/c20-19(21)22-18-15-8-4-2-6-13(15)11-17-14-7-3-1-5-12(14)9-10-16(17)18;1-2-5-9-10-6-4-8-11(9)7-3-1/h1-11,20-21H;3,7,9-10H,1-2,4-6,8H2. The van der Waals surface area contributed by atoms with Crippen LogP contribution in [0.3, 0.4) is 0 Å². The van der Waals surface area contributed by atoms with Crippen LogP contribution in [0.2, 0.25) is 0 Å². The molecule has 5 nitrogen and oxygen atoms in total. The minimum Gasteiger partial charge on any atom is -0.511 e. The van der Waals surface area contributed by atoms with E-state index in [0.29, 0.717) is 11.9 Å². The highest BCUT2D eigenvalue weighted by molar-refractivity contribution is 6.35. The number of allylic oxidation sites excluding steroid dienone is 1. The highest BCUT2D eigenvalue weighted by Gasteiger charge is 2.19. The van der Waals surface area contributed by atoms with E-state index in [1.54, 1.807) is 0 Å². The molecule has 1 fully saturated rings. The number of nitrogens with one attached hydrogen (secondary N) is 1. The molecule has 168 valence electrons. The Hall–Kier alpha value is -3.06. The first kappa shape index (κ1) is 21.8. The van der Waals surface area contributed by atoms with Gasteiger partial charge in [0.05, 0.1) is 6.17 Å². The van der Waals surface area contributed by atoms with Crippen molar-refractivity contribution in [1.29, 1.82) is 0 Å². The fourth-order valence-electron chi connectivity index (χ4n) is 4.90. The zero-order valence-electron chi connectivity index (χ0n) is 18.7. The second-order valence-electron chi connectivity index (χ2n) is 8.63. The van der Waals surface area contributed by atoms with Crippen molar-refractivity contribution in [1.82, 2.24) is 10.2 Å². The summed E-state index contributed by atoms with van der Waals surface area (Å²) in [5, 5.41) is 28.1. The lowest BCUT2D eigenvalue weighted by Crippen LogP contribution is -2.48. The van der Waals surface area contributed by atoms with Gasteiger partial charge in [0, 0.05) is 17.3 Å². The lowest BCUT2D eigenvalue weighted by molar-refractivity contribution is 0.184. The number of hydrogen-bond acceptors (Lipinski definition) is 5. The Bertz CT molecular complexity index is 1290. The third kappa shape index (κ3) is 4.69. The van der Waals surface area contributed by atoms with Crippen molar-refractivity contribution >= 4 is 39.6 Å². The molecule has 0 spiro atoms. The van der Waals surface area contributed by atoms with Crippen molar-refractivity contribution in [2.24, 2.45) is 0 Å². The van der Waals surface area contributed by atoms with E-state index in [1.165, 1.54) is 38.8 Å². The number of fused-ring (bicyclic) bond motifs is 5. The van der Waals surface area contributed by atoms with Gasteiger partial charge in [-0.25, -0.2) is 0 Å². The third-order valence-electron chi connectivity index (χ3n) is 6.46. The lowest BCUT2D eigenvalue weighted by atomic mass is 9.97. The van der Waals surface area contributed by atoms with E-state index in [4.69, 9.17) is 4.65 Å². The lowest BCUT2D eigenvalue weighted by Gasteiger charge is -2.34. The maximum Gasteiger partial charge on any atom is 0.707 e. The van der Waals surface area contributed by atoms with Crippen LogP contribution in [0, 0.1) is 0 Å². The van der Waals surface area contributed by atoms with Crippen LogP contribution in [0.5, 0.6) is 5.75 Å². The average Bonchev–Trinajstić information content (AvgIpc) is 3.10. The van der Waals surface area contributed by atoms with Crippen molar-refractivity contribution in [2.75, 3.05) is 13.1 Å². The summed E-state index contributed by atoms with van der Waals surface area (Å²) in [4.78, 5) is 2.44. The summed E-state index contributed by atoms with van der Waals surface area (Å²) < 4.78 is 5.30. The molecule has 1 unspecified atom stereocenters. The molecule has 0 amide bonds. The Kier molecular flexibility index (Phi) is 6.49. The van der Waals surface area contributed by atoms with Crippen LogP contribution in [-0.4, -0.2) is 41.5 Å². The molecule has 0 radical (unpaired) electrons. The quantitative estimate of drug-likeness (QED) is 0.238. The molecule has 2 heterocycles. The first-order chi connectivity index (χ1) is 16.2. The van der Waals surface area contributed by atoms with E-state index < -0.39 is 7.32 Å². The van der Waals surface area contributed by atoms with Gasteiger partial charge in [-0.3, -0.25) is 5.32 Å². The maximum absolute atomic E-state index is 9.27. The molecule has 6 rings (SSSR count). The number of hydrogen-bond donors (Lipinski definition) is 3. The van der Waals surface area contributed by atoms with Crippen LogP contribution in [0.15, 0.2) is 79.0 Å². The zero-order valence-corrected chi connectivity index (χ0v) is 18.7. The Morgan fingerprint density at radius 1 is 0.848 bits per heavy atom. The summed E-state index contributed by atoms with van der Waals surface area (Å²) in [6, 6.07) is 22.0. The fraction of sp³-hybridized carbons (Fsp3) is 0.259. The minimum atomic E-state index is -1.85. The molecular formula is C27H29BN2O3.